The average Bonchev–Trinajstić information content (AvgIpc) is 2.85. The van der Waals surface area contributed by atoms with Gasteiger partial charge in [0.2, 0.25) is 0 Å². The molecule has 1 fully saturated rings. The maximum atomic E-state index is 3.49. The van der Waals surface area contributed by atoms with Crippen LogP contribution in [0.4, 0.5) is 0 Å². The standard InChI is InChI=1S/C15H29BrS/c16-12-8-4-2-1-3-5-9-13-17-14-15-10-6-7-11-15/h15H,1-14H2. The molecule has 1 rings (SSSR count). The van der Waals surface area contributed by atoms with Crippen molar-refractivity contribution in [1.82, 2.24) is 0 Å². The van der Waals surface area contributed by atoms with E-state index in [0.29, 0.717) is 0 Å². The van der Waals surface area contributed by atoms with Crippen molar-refractivity contribution in [2.24, 2.45) is 5.92 Å². The van der Waals surface area contributed by atoms with Crippen LogP contribution in [0.2, 0.25) is 0 Å². The Morgan fingerprint density at radius 3 is 2.06 bits per heavy atom. The summed E-state index contributed by atoms with van der Waals surface area (Å²) in [6, 6.07) is 0. The number of halogens is 1. The molecule has 2 heteroatoms. The Balaban J connectivity index is 1.69. The van der Waals surface area contributed by atoms with Crippen LogP contribution in [0.3, 0.4) is 0 Å². The highest BCUT2D eigenvalue weighted by Gasteiger charge is 2.13. The largest absolute Gasteiger partial charge is 0.162 e. The number of unbranched alkanes of at least 4 members (excludes halogenated alkanes) is 6. The summed E-state index contributed by atoms with van der Waals surface area (Å²) in [7, 11) is 0. The Morgan fingerprint density at radius 1 is 0.824 bits per heavy atom. The van der Waals surface area contributed by atoms with Crippen LogP contribution in [0.25, 0.3) is 0 Å². The summed E-state index contributed by atoms with van der Waals surface area (Å²) in [6.07, 6.45) is 16.1. The van der Waals surface area contributed by atoms with E-state index in [9.17, 15) is 0 Å². The van der Waals surface area contributed by atoms with Gasteiger partial charge in [0.15, 0.2) is 0 Å². The third kappa shape index (κ3) is 9.41. The van der Waals surface area contributed by atoms with Crippen molar-refractivity contribution in [2.45, 2.75) is 70.6 Å². The van der Waals surface area contributed by atoms with Gasteiger partial charge in [-0.1, -0.05) is 60.9 Å². The molecule has 17 heavy (non-hydrogen) atoms. The lowest BCUT2D eigenvalue weighted by molar-refractivity contribution is 0.604. The molecule has 0 spiro atoms. The molecule has 0 aromatic rings. The van der Waals surface area contributed by atoms with Gasteiger partial charge in [-0.05, 0) is 43.1 Å². The maximum Gasteiger partial charge on any atom is 0.00313 e. The molecule has 0 nitrogen and oxygen atoms in total. The van der Waals surface area contributed by atoms with Crippen LogP contribution in [0.1, 0.15) is 70.6 Å². The summed E-state index contributed by atoms with van der Waals surface area (Å²) in [4.78, 5) is 0. The molecule has 1 aliphatic rings. The normalized spacial score (nSPS) is 16.8. The monoisotopic (exact) mass is 320 g/mol. The van der Waals surface area contributed by atoms with Crippen molar-refractivity contribution in [3.8, 4) is 0 Å². The smallest absolute Gasteiger partial charge is 0.00313 e. The molecule has 102 valence electrons. The van der Waals surface area contributed by atoms with E-state index in [2.05, 4.69) is 27.7 Å². The Labute approximate surface area is 121 Å². The van der Waals surface area contributed by atoms with Crippen LogP contribution in [-0.4, -0.2) is 16.8 Å². The minimum absolute atomic E-state index is 1.07. The van der Waals surface area contributed by atoms with Gasteiger partial charge in [-0.2, -0.15) is 11.8 Å². The molecule has 0 atom stereocenters. The van der Waals surface area contributed by atoms with Crippen molar-refractivity contribution in [3.63, 3.8) is 0 Å². The Kier molecular flexibility index (Phi) is 11.1. The highest BCUT2D eigenvalue weighted by atomic mass is 79.9. The van der Waals surface area contributed by atoms with Gasteiger partial charge in [-0.25, -0.2) is 0 Å². The lowest BCUT2D eigenvalue weighted by Gasteiger charge is -2.07. The quantitative estimate of drug-likeness (QED) is 0.330. The second kappa shape index (κ2) is 11.9. The van der Waals surface area contributed by atoms with E-state index in [4.69, 9.17) is 0 Å². The van der Waals surface area contributed by atoms with Crippen molar-refractivity contribution in [3.05, 3.63) is 0 Å². The molecule has 0 aromatic carbocycles. The first-order chi connectivity index (χ1) is 8.43. The summed E-state index contributed by atoms with van der Waals surface area (Å²) >= 11 is 5.70. The van der Waals surface area contributed by atoms with Crippen LogP contribution in [-0.2, 0) is 0 Å². The number of hydrogen-bond acceptors (Lipinski definition) is 1. The molecule has 0 aliphatic heterocycles. The van der Waals surface area contributed by atoms with Crippen molar-refractivity contribution in [2.75, 3.05) is 16.8 Å². The van der Waals surface area contributed by atoms with Gasteiger partial charge < -0.3 is 0 Å². The van der Waals surface area contributed by atoms with Gasteiger partial charge >= 0.3 is 0 Å². The molecule has 0 amide bonds. The molecule has 0 bridgehead atoms. The second-order valence-electron chi connectivity index (χ2n) is 5.39. The van der Waals surface area contributed by atoms with Gasteiger partial charge in [0.25, 0.3) is 0 Å². The molecular formula is C15H29BrS. The van der Waals surface area contributed by atoms with E-state index in [1.807, 2.05) is 0 Å². The third-order valence-corrected chi connectivity index (χ3v) is 5.60. The number of hydrogen-bond donors (Lipinski definition) is 0. The van der Waals surface area contributed by atoms with Crippen LogP contribution in [0.5, 0.6) is 0 Å². The fourth-order valence-electron chi connectivity index (χ4n) is 2.61. The number of alkyl halides is 1. The SMILES string of the molecule is BrCCCCCCCCCSCC1CCCC1. The van der Waals surface area contributed by atoms with Crippen molar-refractivity contribution >= 4 is 27.7 Å². The highest BCUT2D eigenvalue weighted by molar-refractivity contribution is 9.09. The first kappa shape index (κ1) is 15.9. The summed E-state index contributed by atoms with van der Waals surface area (Å²) in [5.41, 5.74) is 0. The van der Waals surface area contributed by atoms with Crippen LogP contribution >= 0.6 is 27.7 Å². The first-order valence-electron chi connectivity index (χ1n) is 7.57. The summed E-state index contributed by atoms with van der Waals surface area (Å²) in [5.74, 6) is 3.94. The topological polar surface area (TPSA) is 0 Å². The Hall–Kier alpha value is 0.830. The van der Waals surface area contributed by atoms with E-state index in [1.54, 1.807) is 0 Å². The molecular weight excluding hydrogens is 292 g/mol. The Morgan fingerprint density at radius 2 is 1.41 bits per heavy atom. The van der Waals surface area contributed by atoms with Gasteiger partial charge in [0.05, 0.1) is 0 Å². The summed E-state index contributed by atoms with van der Waals surface area (Å²) < 4.78 is 0. The van der Waals surface area contributed by atoms with Gasteiger partial charge in [0.1, 0.15) is 0 Å². The van der Waals surface area contributed by atoms with E-state index >= 15 is 0 Å². The van der Waals surface area contributed by atoms with Crippen molar-refractivity contribution < 1.29 is 0 Å². The zero-order valence-electron chi connectivity index (χ0n) is 11.3. The van der Waals surface area contributed by atoms with E-state index in [0.717, 1.165) is 5.92 Å². The zero-order valence-corrected chi connectivity index (χ0v) is 13.7. The summed E-state index contributed by atoms with van der Waals surface area (Å²) in [5, 5.41) is 1.19. The maximum absolute atomic E-state index is 3.49. The van der Waals surface area contributed by atoms with Crippen molar-refractivity contribution in [1.29, 1.82) is 0 Å². The zero-order chi connectivity index (χ0) is 12.2. The molecule has 1 aliphatic carbocycles. The predicted molar refractivity (Wildman–Crippen MR) is 85.4 cm³/mol. The third-order valence-electron chi connectivity index (χ3n) is 3.75. The van der Waals surface area contributed by atoms with Gasteiger partial charge in [-0.3, -0.25) is 0 Å². The fourth-order valence-corrected chi connectivity index (χ4v) is 4.25. The molecule has 0 N–H and O–H groups in total. The van der Waals surface area contributed by atoms with E-state index in [1.165, 1.54) is 87.5 Å². The number of thioether (sulfide) groups is 1. The minimum atomic E-state index is 1.07. The summed E-state index contributed by atoms with van der Waals surface area (Å²) in [6.45, 7) is 0. The predicted octanol–water partition coefficient (Wildman–Crippen LogP) is 6.04. The second-order valence-corrected chi connectivity index (χ2v) is 7.33. The van der Waals surface area contributed by atoms with E-state index in [-0.39, 0.29) is 0 Å². The van der Waals surface area contributed by atoms with Gasteiger partial charge in [-0.15, -0.1) is 0 Å². The van der Waals surface area contributed by atoms with Crippen LogP contribution in [0.15, 0.2) is 0 Å². The fraction of sp³-hybridized carbons (Fsp3) is 1.00. The van der Waals surface area contributed by atoms with Crippen LogP contribution < -0.4 is 0 Å². The number of rotatable bonds is 11. The first-order valence-corrected chi connectivity index (χ1v) is 9.85. The highest BCUT2D eigenvalue weighted by Crippen LogP contribution is 2.28. The van der Waals surface area contributed by atoms with E-state index < -0.39 is 0 Å². The molecule has 0 aromatic heterocycles. The van der Waals surface area contributed by atoms with Crippen LogP contribution in [0, 0.1) is 5.92 Å². The molecule has 0 heterocycles. The molecule has 0 radical (unpaired) electrons. The minimum Gasteiger partial charge on any atom is -0.162 e. The molecule has 0 unspecified atom stereocenters. The molecule has 0 saturated heterocycles. The average molecular weight is 321 g/mol. The molecule has 1 saturated carbocycles. The lowest BCUT2D eigenvalue weighted by Crippen LogP contribution is -1.97. The van der Waals surface area contributed by atoms with Gasteiger partial charge in [0, 0.05) is 5.33 Å². The Bertz CT molecular complexity index is 155. The lowest BCUT2D eigenvalue weighted by atomic mass is 10.1.